The molecule has 2 aromatic carbocycles. The van der Waals surface area contributed by atoms with Crippen LogP contribution in [0.25, 0.3) is 0 Å². The van der Waals surface area contributed by atoms with Gasteiger partial charge in [-0.1, -0.05) is 18.2 Å². The minimum absolute atomic E-state index is 0.0961. The fourth-order valence-corrected chi connectivity index (χ4v) is 4.78. The van der Waals surface area contributed by atoms with Gasteiger partial charge in [-0.15, -0.1) is 0 Å². The van der Waals surface area contributed by atoms with Crippen LogP contribution in [0.5, 0.6) is 5.75 Å². The van der Waals surface area contributed by atoms with Crippen LogP contribution in [0.15, 0.2) is 42.5 Å². The largest absolute Gasteiger partial charge is 0.493 e. The summed E-state index contributed by atoms with van der Waals surface area (Å²) >= 11 is 0. The predicted molar refractivity (Wildman–Crippen MR) is 119 cm³/mol. The number of benzene rings is 2. The maximum absolute atomic E-state index is 13.0. The van der Waals surface area contributed by atoms with E-state index in [4.69, 9.17) is 4.74 Å². The first-order valence-corrected chi connectivity index (χ1v) is 11.5. The molecule has 0 spiro atoms. The van der Waals surface area contributed by atoms with Crippen molar-refractivity contribution in [2.45, 2.75) is 51.1 Å². The van der Waals surface area contributed by atoms with Gasteiger partial charge in [0.05, 0.1) is 6.61 Å². The number of rotatable bonds is 7. The Morgan fingerprint density at radius 1 is 1.03 bits per heavy atom. The van der Waals surface area contributed by atoms with E-state index in [9.17, 15) is 4.79 Å². The molecule has 0 radical (unpaired) electrons. The first-order valence-electron chi connectivity index (χ1n) is 11.5. The van der Waals surface area contributed by atoms with E-state index in [0.29, 0.717) is 0 Å². The number of amides is 1. The Morgan fingerprint density at radius 3 is 2.50 bits per heavy atom. The number of likely N-dealkylation sites (tertiary alicyclic amines) is 1. The van der Waals surface area contributed by atoms with Gasteiger partial charge >= 0.3 is 0 Å². The lowest BCUT2D eigenvalue weighted by Crippen LogP contribution is -2.37. The highest BCUT2D eigenvalue weighted by Gasteiger charge is 2.28. The van der Waals surface area contributed by atoms with E-state index >= 15 is 0 Å². The van der Waals surface area contributed by atoms with Gasteiger partial charge in [-0.3, -0.25) is 9.69 Å². The van der Waals surface area contributed by atoms with E-state index in [-0.39, 0.29) is 11.9 Å². The molecule has 0 bridgehead atoms. The molecule has 1 heterocycles. The lowest BCUT2D eigenvalue weighted by molar-refractivity contribution is 0.0737. The molecule has 2 fully saturated rings. The van der Waals surface area contributed by atoms with Crippen LogP contribution >= 0.6 is 0 Å². The Hall–Kier alpha value is -2.33. The molecule has 2 aliphatic carbocycles. The Labute approximate surface area is 179 Å². The molecule has 1 atom stereocenters. The summed E-state index contributed by atoms with van der Waals surface area (Å²) in [6.45, 7) is 4.30. The van der Waals surface area contributed by atoms with Crippen LogP contribution < -0.4 is 4.74 Å². The first kappa shape index (κ1) is 19.6. The highest BCUT2D eigenvalue weighted by molar-refractivity contribution is 5.94. The molecule has 4 nitrogen and oxygen atoms in total. The van der Waals surface area contributed by atoms with Crippen LogP contribution in [0.2, 0.25) is 0 Å². The zero-order valence-corrected chi connectivity index (χ0v) is 18.0. The minimum atomic E-state index is 0.0961. The molecular weight excluding hydrogens is 372 g/mol. The Kier molecular flexibility index (Phi) is 5.51. The van der Waals surface area contributed by atoms with Gasteiger partial charge < -0.3 is 9.64 Å². The number of carbonyl (C=O) groups excluding carboxylic acids is 1. The molecule has 1 amide bonds. The third-order valence-electron chi connectivity index (χ3n) is 6.94. The molecule has 1 saturated heterocycles. The van der Waals surface area contributed by atoms with Crippen LogP contribution in [-0.4, -0.2) is 48.5 Å². The van der Waals surface area contributed by atoms with E-state index < -0.39 is 0 Å². The summed E-state index contributed by atoms with van der Waals surface area (Å²) in [5, 5.41) is 0. The number of likely N-dealkylation sites (N-methyl/N-ethyl adjacent to an activating group) is 1. The number of hydrogen-bond acceptors (Lipinski definition) is 3. The summed E-state index contributed by atoms with van der Waals surface area (Å²) in [7, 11) is 1.95. The Bertz CT molecular complexity index is 898. The van der Waals surface area contributed by atoms with E-state index in [1.165, 1.54) is 55.5 Å². The second-order valence-corrected chi connectivity index (χ2v) is 9.34. The van der Waals surface area contributed by atoms with Crippen molar-refractivity contribution in [2.24, 2.45) is 5.92 Å². The lowest BCUT2D eigenvalue weighted by Gasteiger charge is -2.24. The monoisotopic (exact) mass is 404 g/mol. The summed E-state index contributed by atoms with van der Waals surface area (Å²) in [5.41, 5.74) is 4.96. The van der Waals surface area contributed by atoms with Crippen molar-refractivity contribution >= 4 is 5.91 Å². The summed E-state index contributed by atoms with van der Waals surface area (Å²) in [6.07, 6.45) is 7.12. The molecule has 0 aromatic heterocycles. The average Bonchev–Trinajstić information content (AvgIpc) is 3.27. The SMILES string of the molecule is CN(C(=O)c1ccc(OCC2CC2)cc1)[C@@H]1Cc2ccc(CN3CCCC3)cc2C1. The van der Waals surface area contributed by atoms with Crippen molar-refractivity contribution in [3.05, 3.63) is 64.7 Å². The van der Waals surface area contributed by atoms with Crippen LogP contribution in [-0.2, 0) is 19.4 Å². The third kappa shape index (κ3) is 4.39. The van der Waals surface area contributed by atoms with Gasteiger partial charge in [-0.25, -0.2) is 0 Å². The average molecular weight is 405 g/mol. The van der Waals surface area contributed by atoms with Crippen molar-refractivity contribution in [1.29, 1.82) is 0 Å². The van der Waals surface area contributed by atoms with Crippen LogP contribution in [0, 0.1) is 5.92 Å². The second-order valence-electron chi connectivity index (χ2n) is 9.34. The van der Waals surface area contributed by atoms with Crippen LogP contribution in [0.1, 0.15) is 52.7 Å². The summed E-state index contributed by atoms with van der Waals surface area (Å²) in [4.78, 5) is 17.5. The van der Waals surface area contributed by atoms with Gasteiger partial charge in [-0.05, 0) is 98.5 Å². The zero-order chi connectivity index (χ0) is 20.5. The molecular formula is C26H32N2O2. The summed E-state index contributed by atoms with van der Waals surface area (Å²) in [5.74, 6) is 1.69. The molecule has 3 aliphatic rings. The Morgan fingerprint density at radius 2 is 1.77 bits per heavy atom. The maximum Gasteiger partial charge on any atom is 0.253 e. The van der Waals surface area contributed by atoms with Crippen molar-refractivity contribution in [2.75, 3.05) is 26.7 Å². The summed E-state index contributed by atoms with van der Waals surface area (Å²) < 4.78 is 5.80. The highest BCUT2D eigenvalue weighted by atomic mass is 16.5. The quantitative estimate of drug-likeness (QED) is 0.689. The molecule has 5 rings (SSSR count). The highest BCUT2D eigenvalue weighted by Crippen LogP contribution is 2.30. The molecule has 0 unspecified atom stereocenters. The molecule has 0 N–H and O–H groups in total. The van der Waals surface area contributed by atoms with E-state index in [1.54, 1.807) is 0 Å². The van der Waals surface area contributed by atoms with Crippen LogP contribution in [0.4, 0.5) is 0 Å². The van der Waals surface area contributed by atoms with E-state index in [2.05, 4.69) is 23.1 Å². The molecule has 30 heavy (non-hydrogen) atoms. The van der Waals surface area contributed by atoms with E-state index in [0.717, 1.165) is 43.2 Å². The topological polar surface area (TPSA) is 32.8 Å². The normalized spacial score (nSPS) is 20.9. The van der Waals surface area contributed by atoms with Gasteiger partial charge in [0, 0.05) is 25.2 Å². The number of hydrogen-bond donors (Lipinski definition) is 0. The molecule has 2 aromatic rings. The second kappa shape index (κ2) is 8.43. The minimum Gasteiger partial charge on any atom is -0.493 e. The van der Waals surface area contributed by atoms with Gasteiger partial charge in [0.15, 0.2) is 0 Å². The molecule has 1 aliphatic heterocycles. The van der Waals surface area contributed by atoms with Crippen molar-refractivity contribution in [1.82, 2.24) is 9.80 Å². The maximum atomic E-state index is 13.0. The molecule has 1 saturated carbocycles. The fraction of sp³-hybridized carbons (Fsp3) is 0.500. The standard InChI is InChI=1S/C26H32N2O2/c1-27(26(29)21-8-10-25(11-9-21)30-18-19-4-5-19)24-15-22-7-6-20(14-23(22)16-24)17-28-12-2-3-13-28/h6-11,14,19,24H,2-5,12-13,15-18H2,1H3/t24-/m1/s1. The fourth-order valence-electron chi connectivity index (χ4n) is 4.78. The molecule has 4 heteroatoms. The number of fused-ring (bicyclic) bond motifs is 1. The summed E-state index contributed by atoms with van der Waals surface area (Å²) in [6, 6.07) is 14.8. The third-order valence-corrected chi connectivity index (χ3v) is 6.94. The lowest BCUT2D eigenvalue weighted by atomic mass is 10.1. The van der Waals surface area contributed by atoms with Gasteiger partial charge in [0.25, 0.3) is 5.91 Å². The smallest absolute Gasteiger partial charge is 0.253 e. The number of ether oxygens (including phenoxy) is 1. The number of carbonyl (C=O) groups is 1. The van der Waals surface area contributed by atoms with E-state index in [1.807, 2.05) is 36.2 Å². The van der Waals surface area contributed by atoms with Gasteiger partial charge in [0.2, 0.25) is 0 Å². The van der Waals surface area contributed by atoms with Crippen molar-refractivity contribution in [3.8, 4) is 5.75 Å². The molecule has 158 valence electrons. The predicted octanol–water partition coefficient (Wildman–Crippen LogP) is 4.31. The van der Waals surface area contributed by atoms with Crippen molar-refractivity contribution < 1.29 is 9.53 Å². The Balaban J connectivity index is 1.20. The number of nitrogens with zero attached hydrogens (tertiary/aromatic N) is 2. The zero-order valence-electron chi connectivity index (χ0n) is 18.0. The van der Waals surface area contributed by atoms with Gasteiger partial charge in [-0.2, -0.15) is 0 Å². The van der Waals surface area contributed by atoms with Crippen LogP contribution in [0.3, 0.4) is 0 Å². The van der Waals surface area contributed by atoms with Gasteiger partial charge in [0.1, 0.15) is 5.75 Å². The van der Waals surface area contributed by atoms with Crippen molar-refractivity contribution in [3.63, 3.8) is 0 Å². The first-order chi connectivity index (χ1) is 14.7.